The van der Waals surface area contributed by atoms with Crippen LogP contribution in [0.2, 0.25) is 0 Å². The van der Waals surface area contributed by atoms with Gasteiger partial charge in [0, 0.05) is 13.1 Å². The number of piperidine rings is 1. The number of hydrogen-bond donors (Lipinski definition) is 0. The molecule has 18 heavy (non-hydrogen) atoms. The third kappa shape index (κ3) is 3.20. The number of rotatable bonds is 2. The first-order valence-electron chi connectivity index (χ1n) is 6.83. The number of carbonyl (C=O) groups is 1. The maximum Gasteiger partial charge on any atom is 0.237 e. The van der Waals surface area contributed by atoms with Crippen LogP contribution in [-0.2, 0) is 9.53 Å². The Hall–Kier alpha value is -0.680. The van der Waals surface area contributed by atoms with Gasteiger partial charge in [0.1, 0.15) is 6.17 Å². The number of morpholine rings is 1. The molecule has 0 spiro atoms. The third-order valence-electron chi connectivity index (χ3n) is 3.83. The highest BCUT2D eigenvalue weighted by Gasteiger charge is 2.31. The van der Waals surface area contributed by atoms with Gasteiger partial charge in [-0.3, -0.25) is 9.69 Å². The Morgan fingerprint density at radius 2 is 1.78 bits per heavy atom. The summed E-state index contributed by atoms with van der Waals surface area (Å²) in [6.45, 7) is 7.06. The molecule has 2 fully saturated rings. The van der Waals surface area contributed by atoms with Crippen molar-refractivity contribution in [1.29, 1.82) is 0 Å². The Morgan fingerprint density at radius 3 is 2.33 bits per heavy atom. The van der Waals surface area contributed by atoms with Crippen LogP contribution in [0.3, 0.4) is 0 Å². The lowest BCUT2D eigenvalue weighted by Crippen LogP contribution is -2.55. The van der Waals surface area contributed by atoms with Crippen LogP contribution in [0, 0.1) is 0 Å². The van der Waals surface area contributed by atoms with Crippen molar-refractivity contribution in [3.05, 3.63) is 0 Å². The van der Waals surface area contributed by atoms with E-state index in [1.807, 2.05) is 18.7 Å². The molecular weight excluding hydrogens is 235 g/mol. The number of amides is 1. The molecule has 2 rings (SSSR count). The van der Waals surface area contributed by atoms with Crippen molar-refractivity contribution in [3.63, 3.8) is 0 Å². The lowest BCUT2D eigenvalue weighted by Gasteiger charge is -2.40. The standard InChI is InChI=1S/C13H23FN2O2/c1-10-8-18-9-11(2)16(10)13(17)7-15-5-3-12(14)4-6-15/h10-12H,3-9H2,1-2H3/t10-,11-/m1/s1. The van der Waals surface area contributed by atoms with Crippen LogP contribution in [0.5, 0.6) is 0 Å². The van der Waals surface area contributed by atoms with E-state index in [2.05, 4.69) is 4.90 Å². The van der Waals surface area contributed by atoms with E-state index in [1.54, 1.807) is 0 Å². The van der Waals surface area contributed by atoms with E-state index in [4.69, 9.17) is 4.74 Å². The highest BCUT2D eigenvalue weighted by Crippen LogP contribution is 2.16. The van der Waals surface area contributed by atoms with Crippen molar-refractivity contribution in [2.45, 2.75) is 44.9 Å². The van der Waals surface area contributed by atoms with Crippen LogP contribution in [0.1, 0.15) is 26.7 Å². The van der Waals surface area contributed by atoms with Crippen LogP contribution in [0.15, 0.2) is 0 Å². The fourth-order valence-electron chi connectivity index (χ4n) is 2.83. The molecule has 0 unspecified atom stereocenters. The molecule has 0 aromatic heterocycles. The van der Waals surface area contributed by atoms with Gasteiger partial charge < -0.3 is 9.64 Å². The Labute approximate surface area is 108 Å². The van der Waals surface area contributed by atoms with Gasteiger partial charge in [0.15, 0.2) is 0 Å². The van der Waals surface area contributed by atoms with Gasteiger partial charge in [0.05, 0.1) is 31.8 Å². The largest absolute Gasteiger partial charge is 0.377 e. The Balaban J connectivity index is 1.86. The quantitative estimate of drug-likeness (QED) is 0.742. The summed E-state index contributed by atoms with van der Waals surface area (Å²) in [5, 5.41) is 0. The van der Waals surface area contributed by atoms with Crippen molar-refractivity contribution >= 4 is 5.91 Å². The van der Waals surface area contributed by atoms with E-state index in [0.717, 1.165) is 0 Å². The molecule has 0 bridgehead atoms. The molecule has 0 aromatic carbocycles. The molecule has 0 radical (unpaired) electrons. The fraction of sp³-hybridized carbons (Fsp3) is 0.923. The van der Waals surface area contributed by atoms with E-state index in [-0.39, 0.29) is 18.0 Å². The molecule has 2 heterocycles. The maximum absolute atomic E-state index is 13.0. The average molecular weight is 258 g/mol. The van der Waals surface area contributed by atoms with Crippen LogP contribution in [0.4, 0.5) is 4.39 Å². The second kappa shape index (κ2) is 5.97. The zero-order chi connectivity index (χ0) is 13.1. The summed E-state index contributed by atoms with van der Waals surface area (Å²) in [5.41, 5.74) is 0. The number of hydrogen-bond acceptors (Lipinski definition) is 3. The highest BCUT2D eigenvalue weighted by atomic mass is 19.1. The van der Waals surface area contributed by atoms with E-state index in [9.17, 15) is 9.18 Å². The number of alkyl halides is 1. The Kier molecular flexibility index (Phi) is 4.56. The number of nitrogens with zero attached hydrogens (tertiary/aromatic N) is 2. The minimum Gasteiger partial charge on any atom is -0.377 e. The maximum atomic E-state index is 13.0. The van der Waals surface area contributed by atoms with Crippen molar-refractivity contribution in [2.24, 2.45) is 0 Å². The molecule has 2 atom stereocenters. The minimum atomic E-state index is -0.683. The summed E-state index contributed by atoms with van der Waals surface area (Å²) in [6, 6.07) is 0.278. The zero-order valence-corrected chi connectivity index (χ0v) is 11.3. The molecule has 2 aliphatic rings. The number of halogens is 1. The zero-order valence-electron chi connectivity index (χ0n) is 11.3. The van der Waals surface area contributed by atoms with Gasteiger partial charge in [-0.1, -0.05) is 0 Å². The van der Waals surface area contributed by atoms with E-state index in [0.29, 0.717) is 45.7 Å². The van der Waals surface area contributed by atoms with E-state index < -0.39 is 6.17 Å². The molecule has 5 heteroatoms. The molecule has 104 valence electrons. The second-order valence-corrected chi connectivity index (χ2v) is 5.49. The predicted octanol–water partition coefficient (Wildman–Crippen LogP) is 1.06. The topological polar surface area (TPSA) is 32.8 Å². The number of carbonyl (C=O) groups excluding carboxylic acids is 1. The lowest BCUT2D eigenvalue weighted by molar-refractivity contribution is -0.145. The summed E-state index contributed by atoms with van der Waals surface area (Å²) in [7, 11) is 0. The SMILES string of the molecule is C[C@@H]1COC[C@@H](C)N1C(=O)CN1CCC(F)CC1. The average Bonchev–Trinajstić information content (AvgIpc) is 2.32. The van der Waals surface area contributed by atoms with Gasteiger partial charge in [0.25, 0.3) is 0 Å². The summed E-state index contributed by atoms with van der Waals surface area (Å²) >= 11 is 0. The molecule has 2 aliphatic heterocycles. The Morgan fingerprint density at radius 1 is 1.22 bits per heavy atom. The summed E-state index contributed by atoms with van der Waals surface area (Å²) < 4.78 is 18.5. The number of likely N-dealkylation sites (tertiary alicyclic amines) is 1. The Bertz CT molecular complexity index is 283. The molecule has 1 amide bonds. The first-order valence-corrected chi connectivity index (χ1v) is 6.83. The van der Waals surface area contributed by atoms with Crippen LogP contribution >= 0.6 is 0 Å². The molecule has 0 aromatic rings. The van der Waals surface area contributed by atoms with Crippen LogP contribution < -0.4 is 0 Å². The lowest BCUT2D eigenvalue weighted by atomic mass is 10.1. The van der Waals surface area contributed by atoms with Gasteiger partial charge in [-0.2, -0.15) is 0 Å². The highest BCUT2D eigenvalue weighted by molar-refractivity contribution is 5.79. The molecule has 0 aliphatic carbocycles. The van der Waals surface area contributed by atoms with E-state index >= 15 is 0 Å². The van der Waals surface area contributed by atoms with Crippen molar-refractivity contribution in [3.8, 4) is 0 Å². The van der Waals surface area contributed by atoms with Crippen LogP contribution in [-0.4, -0.2) is 66.8 Å². The van der Waals surface area contributed by atoms with Crippen molar-refractivity contribution < 1.29 is 13.9 Å². The first kappa shape index (κ1) is 13.7. The fourth-order valence-corrected chi connectivity index (χ4v) is 2.83. The van der Waals surface area contributed by atoms with Crippen LogP contribution in [0.25, 0.3) is 0 Å². The number of ether oxygens (including phenoxy) is 1. The van der Waals surface area contributed by atoms with Gasteiger partial charge in [0.2, 0.25) is 5.91 Å². The first-order chi connectivity index (χ1) is 8.58. The molecule has 0 saturated carbocycles. The molecule has 4 nitrogen and oxygen atoms in total. The summed E-state index contributed by atoms with van der Waals surface area (Å²) in [4.78, 5) is 16.3. The van der Waals surface area contributed by atoms with Gasteiger partial charge in [-0.15, -0.1) is 0 Å². The monoisotopic (exact) mass is 258 g/mol. The van der Waals surface area contributed by atoms with Crippen molar-refractivity contribution in [1.82, 2.24) is 9.80 Å². The molecular formula is C13H23FN2O2. The van der Waals surface area contributed by atoms with E-state index in [1.165, 1.54) is 0 Å². The van der Waals surface area contributed by atoms with Gasteiger partial charge in [-0.05, 0) is 26.7 Å². The predicted molar refractivity (Wildman–Crippen MR) is 67.2 cm³/mol. The normalized spacial score (nSPS) is 31.6. The molecule has 2 saturated heterocycles. The summed E-state index contributed by atoms with van der Waals surface area (Å²) in [5.74, 6) is 0.149. The van der Waals surface area contributed by atoms with Gasteiger partial charge in [-0.25, -0.2) is 4.39 Å². The second-order valence-electron chi connectivity index (χ2n) is 5.49. The minimum absolute atomic E-state index is 0.139. The van der Waals surface area contributed by atoms with Crippen molar-refractivity contribution in [2.75, 3.05) is 32.8 Å². The third-order valence-corrected chi connectivity index (χ3v) is 3.83. The smallest absolute Gasteiger partial charge is 0.237 e. The molecule has 0 N–H and O–H groups in total. The summed E-state index contributed by atoms with van der Waals surface area (Å²) in [6.07, 6.45) is 0.431. The van der Waals surface area contributed by atoms with Gasteiger partial charge >= 0.3 is 0 Å².